The summed E-state index contributed by atoms with van der Waals surface area (Å²) in [4.78, 5) is 16.0. The molecule has 2 aliphatic heterocycles. The standard InChI is InChI=1S/C19H18F3N5/c1-26-8-13-9-27(10-16(13)26)18-7-23-6-15(25-18)11-2-3-14-12(4-11)5-17(24-14)19(20,21)22/h2-7,13,16,24H,8-10H2,1H3/t13-,16-/m1/s1. The highest BCUT2D eigenvalue weighted by atomic mass is 19.4. The van der Waals surface area contributed by atoms with Crippen LogP contribution in [0, 0.1) is 5.92 Å². The number of nitrogens with zero attached hydrogens (tertiary/aromatic N) is 4. The summed E-state index contributed by atoms with van der Waals surface area (Å²) in [5.41, 5.74) is 1.13. The van der Waals surface area contributed by atoms with Gasteiger partial charge in [0.25, 0.3) is 0 Å². The van der Waals surface area contributed by atoms with Gasteiger partial charge in [0.2, 0.25) is 0 Å². The lowest BCUT2D eigenvalue weighted by molar-refractivity contribution is -0.140. The molecule has 1 N–H and O–H groups in total. The van der Waals surface area contributed by atoms with Crippen molar-refractivity contribution >= 4 is 16.7 Å². The molecule has 27 heavy (non-hydrogen) atoms. The smallest absolute Gasteiger partial charge is 0.353 e. The molecule has 3 aromatic rings. The van der Waals surface area contributed by atoms with Crippen LogP contribution < -0.4 is 4.90 Å². The first-order chi connectivity index (χ1) is 12.9. The fourth-order valence-corrected chi connectivity index (χ4v) is 4.18. The van der Waals surface area contributed by atoms with Crippen LogP contribution in [0.15, 0.2) is 36.7 Å². The summed E-state index contributed by atoms with van der Waals surface area (Å²) < 4.78 is 38.7. The molecule has 0 unspecified atom stereocenters. The lowest BCUT2D eigenvalue weighted by Gasteiger charge is -2.40. The second-order valence-corrected chi connectivity index (χ2v) is 7.42. The number of rotatable bonds is 2. The third-order valence-corrected chi connectivity index (χ3v) is 5.66. The van der Waals surface area contributed by atoms with Gasteiger partial charge in [-0.15, -0.1) is 0 Å². The van der Waals surface area contributed by atoms with Crippen LogP contribution in [0.3, 0.4) is 0 Å². The number of likely N-dealkylation sites (N-methyl/N-ethyl adjacent to an activating group) is 1. The number of anilines is 1. The highest BCUT2D eigenvalue weighted by Gasteiger charge is 2.43. The topological polar surface area (TPSA) is 48.0 Å². The largest absolute Gasteiger partial charge is 0.431 e. The summed E-state index contributed by atoms with van der Waals surface area (Å²) in [6.07, 6.45) is -0.981. The summed E-state index contributed by atoms with van der Waals surface area (Å²) in [7, 11) is 2.13. The van der Waals surface area contributed by atoms with Crippen LogP contribution >= 0.6 is 0 Å². The maximum Gasteiger partial charge on any atom is 0.431 e. The van der Waals surface area contributed by atoms with Gasteiger partial charge >= 0.3 is 6.18 Å². The number of fused-ring (bicyclic) bond motifs is 2. The van der Waals surface area contributed by atoms with E-state index < -0.39 is 11.9 Å². The zero-order valence-electron chi connectivity index (χ0n) is 14.7. The van der Waals surface area contributed by atoms with Gasteiger partial charge in [0.1, 0.15) is 11.5 Å². The molecule has 5 rings (SSSR count). The molecule has 2 aliphatic rings. The molecule has 2 fully saturated rings. The maximum atomic E-state index is 12.9. The fraction of sp³-hybridized carbons (Fsp3) is 0.368. The summed E-state index contributed by atoms with van der Waals surface area (Å²) in [6, 6.07) is 6.85. The van der Waals surface area contributed by atoms with Crippen molar-refractivity contribution < 1.29 is 13.2 Å². The lowest BCUT2D eigenvalue weighted by Crippen LogP contribution is -2.52. The number of alkyl halides is 3. The molecule has 0 radical (unpaired) electrons. The van der Waals surface area contributed by atoms with Crippen molar-refractivity contribution in [2.45, 2.75) is 12.2 Å². The number of likely N-dealkylation sites (tertiary alicyclic amines) is 1. The van der Waals surface area contributed by atoms with Crippen LogP contribution in [0.2, 0.25) is 0 Å². The van der Waals surface area contributed by atoms with Gasteiger partial charge in [-0.25, -0.2) is 4.98 Å². The minimum atomic E-state index is -4.39. The second kappa shape index (κ2) is 5.69. The van der Waals surface area contributed by atoms with Crippen LogP contribution in [0.1, 0.15) is 5.69 Å². The molecular formula is C19H18F3N5. The van der Waals surface area contributed by atoms with E-state index in [1.165, 1.54) is 0 Å². The fourth-order valence-electron chi connectivity index (χ4n) is 4.18. The van der Waals surface area contributed by atoms with Gasteiger partial charge in [0.05, 0.1) is 18.1 Å². The minimum Gasteiger partial charge on any atom is -0.353 e. The van der Waals surface area contributed by atoms with Crippen molar-refractivity contribution in [1.82, 2.24) is 19.9 Å². The van der Waals surface area contributed by atoms with Gasteiger partial charge in [0.15, 0.2) is 0 Å². The molecule has 140 valence electrons. The Kier molecular flexibility index (Phi) is 3.49. The molecule has 0 bridgehead atoms. The summed E-state index contributed by atoms with van der Waals surface area (Å²) in [5, 5.41) is 0.507. The summed E-state index contributed by atoms with van der Waals surface area (Å²) in [5.74, 6) is 1.50. The van der Waals surface area contributed by atoms with E-state index in [0.29, 0.717) is 28.6 Å². The lowest BCUT2D eigenvalue weighted by atomic mass is 9.93. The SMILES string of the molecule is CN1C[C@@H]2CN(c3cncc(-c4ccc5[nH]c(C(F)(F)F)cc5c4)n3)C[C@H]21. The molecule has 4 heterocycles. The zero-order valence-corrected chi connectivity index (χ0v) is 14.7. The molecule has 0 amide bonds. The van der Waals surface area contributed by atoms with Gasteiger partial charge in [-0.3, -0.25) is 4.98 Å². The van der Waals surface area contributed by atoms with Crippen molar-refractivity contribution in [2.75, 3.05) is 31.6 Å². The number of H-pyrrole nitrogens is 1. The second-order valence-electron chi connectivity index (χ2n) is 7.42. The molecular weight excluding hydrogens is 355 g/mol. The minimum absolute atomic E-state index is 0.453. The third-order valence-electron chi connectivity index (χ3n) is 5.66. The third kappa shape index (κ3) is 2.75. The van der Waals surface area contributed by atoms with E-state index in [4.69, 9.17) is 4.98 Å². The van der Waals surface area contributed by atoms with E-state index in [-0.39, 0.29) is 0 Å². The highest BCUT2D eigenvalue weighted by molar-refractivity contribution is 5.85. The predicted octanol–water partition coefficient (Wildman–Crippen LogP) is 3.39. The van der Waals surface area contributed by atoms with Gasteiger partial charge in [-0.05, 0) is 25.2 Å². The normalized spacial score (nSPS) is 22.9. The van der Waals surface area contributed by atoms with E-state index in [1.807, 2.05) is 0 Å². The molecule has 0 aliphatic carbocycles. The van der Waals surface area contributed by atoms with Gasteiger partial charge < -0.3 is 14.8 Å². The van der Waals surface area contributed by atoms with Crippen molar-refractivity contribution in [3.05, 3.63) is 42.4 Å². The Morgan fingerprint density at radius 1 is 1.11 bits per heavy atom. The Morgan fingerprint density at radius 3 is 2.70 bits per heavy atom. The Labute approximate surface area is 153 Å². The number of aromatic amines is 1. The maximum absolute atomic E-state index is 12.9. The molecule has 8 heteroatoms. The average molecular weight is 373 g/mol. The quantitative estimate of drug-likeness (QED) is 0.748. The van der Waals surface area contributed by atoms with E-state index in [2.05, 4.69) is 26.8 Å². The number of aromatic nitrogens is 3. The Bertz CT molecular complexity index is 1010. The molecule has 5 nitrogen and oxygen atoms in total. The predicted molar refractivity (Wildman–Crippen MR) is 96.4 cm³/mol. The van der Waals surface area contributed by atoms with E-state index in [1.54, 1.807) is 30.6 Å². The average Bonchev–Trinajstić information content (AvgIpc) is 3.22. The van der Waals surface area contributed by atoms with Crippen molar-refractivity contribution in [3.8, 4) is 11.3 Å². The van der Waals surface area contributed by atoms with Gasteiger partial charge in [0, 0.05) is 48.1 Å². The van der Waals surface area contributed by atoms with Gasteiger partial charge in [-0.2, -0.15) is 13.2 Å². The first-order valence-corrected chi connectivity index (χ1v) is 8.86. The van der Waals surface area contributed by atoms with Crippen LogP contribution in [0.5, 0.6) is 0 Å². The first kappa shape index (κ1) is 16.6. The number of hydrogen-bond acceptors (Lipinski definition) is 4. The van der Waals surface area contributed by atoms with Crippen molar-refractivity contribution in [2.24, 2.45) is 5.92 Å². The monoisotopic (exact) mass is 373 g/mol. The van der Waals surface area contributed by atoms with E-state index in [9.17, 15) is 13.2 Å². The molecule has 0 spiro atoms. The number of hydrogen-bond donors (Lipinski definition) is 1. The Morgan fingerprint density at radius 2 is 1.96 bits per heavy atom. The van der Waals surface area contributed by atoms with Crippen molar-refractivity contribution in [1.29, 1.82) is 0 Å². The molecule has 1 aromatic carbocycles. The van der Waals surface area contributed by atoms with Crippen molar-refractivity contribution in [3.63, 3.8) is 0 Å². The van der Waals surface area contributed by atoms with Crippen LogP contribution in [-0.4, -0.2) is 52.6 Å². The number of nitrogens with one attached hydrogen (secondary N) is 1. The molecule has 2 saturated heterocycles. The van der Waals surface area contributed by atoms with Crippen LogP contribution in [0.4, 0.5) is 19.0 Å². The molecule has 2 atom stereocenters. The Balaban J connectivity index is 1.46. The number of halogens is 3. The Hall–Kier alpha value is -2.61. The number of benzene rings is 1. The molecule has 0 saturated carbocycles. The zero-order chi connectivity index (χ0) is 18.8. The van der Waals surface area contributed by atoms with Crippen LogP contribution in [0.25, 0.3) is 22.2 Å². The molecule has 2 aromatic heterocycles. The van der Waals surface area contributed by atoms with Crippen LogP contribution in [-0.2, 0) is 6.18 Å². The highest BCUT2D eigenvalue weighted by Crippen LogP contribution is 2.34. The summed E-state index contributed by atoms with van der Waals surface area (Å²) >= 11 is 0. The van der Waals surface area contributed by atoms with E-state index >= 15 is 0 Å². The first-order valence-electron chi connectivity index (χ1n) is 8.86. The van der Waals surface area contributed by atoms with Gasteiger partial charge in [-0.1, -0.05) is 6.07 Å². The van der Waals surface area contributed by atoms with E-state index in [0.717, 1.165) is 37.1 Å². The summed E-state index contributed by atoms with van der Waals surface area (Å²) in [6.45, 7) is 3.02.